The zero-order valence-corrected chi connectivity index (χ0v) is 36.3. The summed E-state index contributed by atoms with van der Waals surface area (Å²) in [5.74, 6) is 5.19. The van der Waals surface area contributed by atoms with Gasteiger partial charge in [-0.25, -0.2) is 0 Å². The van der Waals surface area contributed by atoms with Crippen LogP contribution in [-0.2, 0) is 27.1 Å². The summed E-state index contributed by atoms with van der Waals surface area (Å²) in [6, 6.07) is 40.1. The van der Waals surface area contributed by atoms with Gasteiger partial charge in [-0.15, -0.1) is 0 Å². The van der Waals surface area contributed by atoms with Crippen LogP contribution >= 0.6 is 0 Å². The fourth-order valence-electron chi connectivity index (χ4n) is 14.1. The van der Waals surface area contributed by atoms with Crippen molar-refractivity contribution >= 4 is 17.1 Å². The van der Waals surface area contributed by atoms with E-state index in [0.717, 1.165) is 23.3 Å². The molecule has 58 heavy (non-hydrogen) atoms. The van der Waals surface area contributed by atoms with E-state index in [1.807, 2.05) is 0 Å². The molecular weight excluding hydrogens is 703 g/mol. The van der Waals surface area contributed by atoms with E-state index in [9.17, 15) is 0 Å². The van der Waals surface area contributed by atoms with E-state index in [1.165, 1.54) is 119 Å². The lowest BCUT2D eigenvalue weighted by Crippen LogP contribution is -2.57. The molecule has 1 heterocycles. The molecule has 12 rings (SSSR count). The Kier molecular flexibility index (Phi) is 7.84. The molecule has 7 aliphatic rings. The number of nitrogens with zero attached hydrogens (tertiary/aromatic N) is 1. The zero-order chi connectivity index (χ0) is 40.0. The minimum atomic E-state index is -0.0274. The van der Waals surface area contributed by atoms with Gasteiger partial charge in [0.15, 0.2) is 0 Å². The molecule has 0 aromatic heterocycles. The molecule has 0 radical (unpaired) electrons. The Morgan fingerprint density at radius 3 is 1.57 bits per heavy atom. The highest BCUT2D eigenvalue weighted by Gasteiger charge is 2.61. The molecule has 0 saturated heterocycles. The summed E-state index contributed by atoms with van der Waals surface area (Å²) in [6.45, 7) is 19.8. The first kappa shape index (κ1) is 36.8. The first-order valence-electron chi connectivity index (χ1n) is 22.8. The van der Waals surface area contributed by atoms with Gasteiger partial charge in [0.05, 0.1) is 11.4 Å². The van der Waals surface area contributed by atoms with Crippen LogP contribution in [0.2, 0.25) is 0 Å². The van der Waals surface area contributed by atoms with Crippen LogP contribution in [0.1, 0.15) is 147 Å². The van der Waals surface area contributed by atoms with Crippen LogP contribution in [0, 0.1) is 23.7 Å². The maximum Gasteiger partial charge on any atom is 0.133 e. The minimum absolute atomic E-state index is 0.0274. The highest BCUT2D eigenvalue weighted by molar-refractivity contribution is 5.85. The molecular formula is C56H63NO. The van der Waals surface area contributed by atoms with Gasteiger partial charge in [0, 0.05) is 28.3 Å². The summed E-state index contributed by atoms with van der Waals surface area (Å²) < 4.78 is 7.31. The number of hydrogen-bond donors (Lipinski definition) is 0. The van der Waals surface area contributed by atoms with Crippen LogP contribution in [0.25, 0.3) is 11.1 Å². The van der Waals surface area contributed by atoms with Crippen molar-refractivity contribution in [2.45, 2.75) is 140 Å². The topological polar surface area (TPSA) is 12.5 Å². The van der Waals surface area contributed by atoms with Gasteiger partial charge in [-0.1, -0.05) is 122 Å². The summed E-state index contributed by atoms with van der Waals surface area (Å²) >= 11 is 0. The summed E-state index contributed by atoms with van der Waals surface area (Å²) in [7, 11) is 0. The first-order valence-corrected chi connectivity index (χ1v) is 22.8. The third kappa shape index (κ3) is 5.21. The van der Waals surface area contributed by atoms with Gasteiger partial charge < -0.3 is 9.64 Å². The fraction of sp³-hybridized carbons (Fsp3) is 0.464. The number of fused-ring (bicyclic) bond motifs is 4. The van der Waals surface area contributed by atoms with Crippen LogP contribution in [0.4, 0.5) is 17.1 Å². The molecule has 0 unspecified atom stereocenters. The fourth-order valence-corrected chi connectivity index (χ4v) is 14.1. The number of benzene rings is 5. The van der Waals surface area contributed by atoms with E-state index in [-0.39, 0.29) is 27.1 Å². The standard InChI is InChI=1S/C56H63NO/c1-52(2)24-26-54(5,6)50-43(52)16-12-18-46(50)57(47-19-13-17-44-51(47)55(7,8)27-25-53(44,3)4)41-21-22-42-49(34-41)58-48-23-20-38(37-14-10-9-11-15-37)33-45(48)56(42)39-29-35-28-36(31-39)32-40(56)30-35/h9-23,33-36,39-40H,24-32H2,1-8H3. The van der Waals surface area contributed by atoms with Crippen molar-refractivity contribution in [1.29, 1.82) is 0 Å². The highest BCUT2D eigenvalue weighted by Crippen LogP contribution is 2.69. The second kappa shape index (κ2) is 12.4. The lowest BCUT2D eigenvalue weighted by molar-refractivity contribution is -0.0452. The Labute approximate surface area is 348 Å². The first-order chi connectivity index (χ1) is 27.7. The van der Waals surface area contributed by atoms with Gasteiger partial charge in [0.1, 0.15) is 11.5 Å². The van der Waals surface area contributed by atoms with Crippen molar-refractivity contribution < 1.29 is 4.74 Å². The van der Waals surface area contributed by atoms with E-state index >= 15 is 0 Å². The monoisotopic (exact) mass is 765 g/mol. The number of rotatable bonds is 4. The van der Waals surface area contributed by atoms with Crippen molar-refractivity contribution in [2.24, 2.45) is 23.7 Å². The largest absolute Gasteiger partial charge is 0.457 e. The molecule has 0 N–H and O–H groups in total. The van der Waals surface area contributed by atoms with Crippen LogP contribution in [-0.4, -0.2) is 0 Å². The average molecular weight is 766 g/mol. The van der Waals surface area contributed by atoms with Gasteiger partial charge >= 0.3 is 0 Å². The van der Waals surface area contributed by atoms with Gasteiger partial charge in [0.25, 0.3) is 0 Å². The Balaban J connectivity index is 1.16. The van der Waals surface area contributed by atoms with Crippen LogP contribution in [0.3, 0.4) is 0 Å². The molecule has 5 aromatic carbocycles. The maximum absolute atomic E-state index is 7.31. The Hall–Kier alpha value is -4.30. The summed E-state index contributed by atoms with van der Waals surface area (Å²) in [4.78, 5) is 2.69. The van der Waals surface area contributed by atoms with Crippen LogP contribution in [0.5, 0.6) is 11.5 Å². The zero-order valence-electron chi connectivity index (χ0n) is 36.3. The Morgan fingerprint density at radius 1 is 0.448 bits per heavy atom. The normalized spacial score (nSPS) is 28.5. The van der Waals surface area contributed by atoms with Crippen molar-refractivity contribution in [3.8, 4) is 22.6 Å². The second-order valence-corrected chi connectivity index (χ2v) is 22.3. The van der Waals surface area contributed by atoms with Crippen LogP contribution < -0.4 is 9.64 Å². The van der Waals surface area contributed by atoms with Gasteiger partial charge in [0.2, 0.25) is 0 Å². The predicted molar refractivity (Wildman–Crippen MR) is 241 cm³/mol. The van der Waals surface area contributed by atoms with Gasteiger partial charge in [-0.3, -0.25) is 0 Å². The van der Waals surface area contributed by atoms with E-state index in [4.69, 9.17) is 4.74 Å². The van der Waals surface area contributed by atoms with E-state index in [2.05, 4.69) is 163 Å². The molecule has 2 heteroatoms. The number of hydrogen-bond acceptors (Lipinski definition) is 2. The SMILES string of the molecule is CC1(C)CCC(C)(C)c2c(N(c3ccc4c(c3)Oc3ccc(-c5ccccc5)cc3C43C4CC5CC(C4)CC3C5)c3cccc4c3C(C)(C)CCC4(C)C)cccc21. The van der Waals surface area contributed by atoms with Crippen molar-refractivity contribution in [3.05, 3.63) is 137 Å². The average Bonchev–Trinajstić information content (AvgIpc) is 3.20. The molecule has 4 saturated carbocycles. The molecule has 0 atom stereocenters. The summed E-state index contributed by atoms with van der Waals surface area (Å²) in [5, 5.41) is 0. The number of anilines is 3. The molecule has 4 bridgehead atoms. The van der Waals surface area contributed by atoms with Crippen molar-refractivity contribution in [1.82, 2.24) is 0 Å². The van der Waals surface area contributed by atoms with E-state index in [0.29, 0.717) is 11.8 Å². The Bertz CT molecular complexity index is 2350. The van der Waals surface area contributed by atoms with E-state index in [1.54, 1.807) is 0 Å². The lowest BCUT2D eigenvalue weighted by atomic mass is 9.41. The molecule has 1 aliphatic heterocycles. The summed E-state index contributed by atoms with van der Waals surface area (Å²) in [6.07, 6.45) is 11.6. The van der Waals surface area contributed by atoms with Crippen molar-refractivity contribution in [3.63, 3.8) is 0 Å². The van der Waals surface area contributed by atoms with Crippen LogP contribution in [0.15, 0.2) is 103 Å². The summed E-state index contributed by atoms with van der Waals surface area (Å²) in [5.41, 5.74) is 15.6. The molecule has 298 valence electrons. The van der Waals surface area contributed by atoms with Gasteiger partial charge in [-0.05, 0) is 167 Å². The molecule has 5 aromatic rings. The molecule has 0 amide bonds. The van der Waals surface area contributed by atoms with Gasteiger partial charge in [-0.2, -0.15) is 0 Å². The maximum atomic E-state index is 7.31. The Morgan fingerprint density at radius 2 is 1.00 bits per heavy atom. The quantitative estimate of drug-likeness (QED) is 0.181. The minimum Gasteiger partial charge on any atom is -0.457 e. The number of ether oxygens (including phenoxy) is 1. The molecule has 1 spiro atoms. The molecule has 4 fully saturated rings. The lowest BCUT2D eigenvalue weighted by Gasteiger charge is -2.63. The third-order valence-corrected chi connectivity index (χ3v) is 17.0. The third-order valence-electron chi connectivity index (χ3n) is 17.0. The van der Waals surface area contributed by atoms with E-state index < -0.39 is 0 Å². The smallest absolute Gasteiger partial charge is 0.133 e. The molecule has 6 aliphatic carbocycles. The second-order valence-electron chi connectivity index (χ2n) is 22.3. The highest BCUT2D eigenvalue weighted by atomic mass is 16.5. The molecule has 2 nitrogen and oxygen atoms in total. The predicted octanol–water partition coefficient (Wildman–Crippen LogP) is 15.4. The van der Waals surface area contributed by atoms with Crippen molar-refractivity contribution in [2.75, 3.05) is 4.90 Å².